The van der Waals surface area contributed by atoms with Gasteiger partial charge in [-0.25, -0.2) is 4.79 Å². The number of β-lactam (4-membered cyclic amide) rings is 1. The second-order valence-electron chi connectivity index (χ2n) is 13.3. The summed E-state index contributed by atoms with van der Waals surface area (Å²) in [7, 11) is 0. The van der Waals surface area contributed by atoms with Crippen molar-refractivity contribution in [3.8, 4) is 0 Å². The Morgan fingerprint density at radius 3 is 2.11 bits per heavy atom. The second kappa shape index (κ2) is 17.7. The first-order valence-corrected chi connectivity index (χ1v) is 20.2. The van der Waals surface area contributed by atoms with Gasteiger partial charge >= 0.3 is 5.97 Å². The van der Waals surface area contributed by atoms with E-state index in [0.717, 1.165) is 62.6 Å². The number of hydrogen-bond acceptors (Lipinski definition) is 7. The molecule has 2 aliphatic rings. The number of carbonyl (C=O) groups excluding carboxylic acids is 4. The van der Waals surface area contributed by atoms with Crippen LogP contribution in [-0.4, -0.2) is 88.4 Å². The van der Waals surface area contributed by atoms with Gasteiger partial charge in [-0.1, -0.05) is 77.3 Å². The van der Waals surface area contributed by atoms with Gasteiger partial charge in [0.05, 0.1) is 18.8 Å². The molecule has 45 heavy (non-hydrogen) atoms. The van der Waals surface area contributed by atoms with Crippen molar-refractivity contribution < 1.29 is 28.7 Å². The van der Waals surface area contributed by atoms with Gasteiger partial charge in [-0.05, 0) is 70.5 Å². The highest BCUT2D eigenvalue weighted by Crippen LogP contribution is 2.54. The summed E-state index contributed by atoms with van der Waals surface area (Å²) in [6.07, 6.45) is 9.33. The minimum atomic E-state index is -2.16. The van der Waals surface area contributed by atoms with Crippen LogP contribution in [0.2, 0.25) is 0 Å². The van der Waals surface area contributed by atoms with Crippen molar-refractivity contribution in [1.29, 1.82) is 0 Å². The van der Waals surface area contributed by atoms with E-state index in [1.807, 2.05) is 51.1 Å². The number of esters is 1. The number of ketones is 1. The fourth-order valence-electron chi connectivity index (χ4n) is 5.95. The van der Waals surface area contributed by atoms with Crippen molar-refractivity contribution in [3.05, 3.63) is 35.9 Å². The fourth-order valence-corrected chi connectivity index (χ4v) is 12.5. The minimum absolute atomic E-state index is 0.0778. The number of unbranched alkanes of at least 4 members (excludes halogenated alkanes) is 3. The molecule has 2 aliphatic heterocycles. The first-order chi connectivity index (χ1) is 21.5. The topological polar surface area (TPSA) is 102 Å². The third kappa shape index (κ3) is 10.5. The van der Waals surface area contributed by atoms with Gasteiger partial charge in [0.25, 0.3) is 5.91 Å². The molecule has 252 valence electrons. The Bertz CT molecular complexity index is 1180. The molecule has 2 heterocycles. The van der Waals surface area contributed by atoms with E-state index < -0.39 is 29.9 Å². The van der Waals surface area contributed by atoms with E-state index in [2.05, 4.69) is 26.1 Å². The lowest BCUT2D eigenvalue weighted by Gasteiger charge is -2.49. The Morgan fingerprint density at radius 1 is 1.00 bits per heavy atom. The van der Waals surface area contributed by atoms with Crippen LogP contribution >= 0.6 is 18.6 Å². The lowest BCUT2D eigenvalue weighted by atomic mass is 10.1. The maximum atomic E-state index is 14.3. The van der Waals surface area contributed by atoms with Crippen LogP contribution in [0.3, 0.4) is 0 Å². The average Bonchev–Trinajstić information content (AvgIpc) is 3.55. The number of benzene rings is 1. The minimum Gasteiger partial charge on any atom is -0.455 e. The monoisotopic (exact) mass is 662 g/mol. The second-order valence-corrected chi connectivity index (χ2v) is 18.5. The molecule has 2 saturated heterocycles. The normalized spacial score (nSPS) is 20.1. The van der Waals surface area contributed by atoms with E-state index in [1.54, 1.807) is 4.90 Å². The molecule has 0 aliphatic carbocycles. The summed E-state index contributed by atoms with van der Waals surface area (Å²) >= 11 is 1.35. The number of rotatable bonds is 18. The number of amides is 2. The Labute approximate surface area is 275 Å². The number of nitrogens with zero attached hydrogens (tertiary/aromatic N) is 1. The molecular weight excluding hydrogens is 607 g/mol. The van der Waals surface area contributed by atoms with Crippen LogP contribution in [0, 0.1) is 5.92 Å². The predicted octanol–water partition coefficient (Wildman–Crippen LogP) is 6.11. The molecule has 2 amide bonds. The van der Waals surface area contributed by atoms with Gasteiger partial charge < -0.3 is 14.8 Å². The molecule has 0 spiro atoms. The van der Waals surface area contributed by atoms with Gasteiger partial charge in [-0.2, -0.15) is 0 Å². The van der Waals surface area contributed by atoms with Crippen molar-refractivity contribution in [2.75, 3.05) is 37.5 Å². The van der Waals surface area contributed by atoms with Gasteiger partial charge in [-0.3, -0.25) is 19.3 Å². The fraction of sp³-hybridized carbons (Fsp3) is 0.686. The van der Waals surface area contributed by atoms with Crippen molar-refractivity contribution in [3.63, 3.8) is 0 Å². The number of thioether (sulfide) groups is 1. The largest absolute Gasteiger partial charge is 0.455 e. The molecule has 0 saturated carbocycles. The Kier molecular flexibility index (Phi) is 14.7. The molecular formula is C35H55N2O6PS. The van der Waals surface area contributed by atoms with Crippen LogP contribution < -0.4 is 5.32 Å². The highest BCUT2D eigenvalue weighted by Gasteiger charge is 2.54. The van der Waals surface area contributed by atoms with E-state index in [4.69, 9.17) is 9.47 Å². The quantitative estimate of drug-likeness (QED) is 0.115. The van der Waals surface area contributed by atoms with Crippen LogP contribution in [0.15, 0.2) is 30.3 Å². The van der Waals surface area contributed by atoms with Crippen molar-refractivity contribution >= 4 is 47.6 Å². The molecule has 1 aromatic carbocycles. The standard InChI is InChI=1S/C35H55N2O6PS/c1-7-10-20-44(21-11-8-2,22-12-9-3)32(34(41)43-35(4,5)6)37-31(40)30(36-29(39)23-26-16-14-13-15-17-26)33(37)45-25-28(38)27-18-19-42-24-27/h13-17,27,30,33H,7-12,18-25H2,1-6H3,(H,36,39)/t27-,30-,33-/m1/s1. The van der Waals surface area contributed by atoms with Crippen molar-refractivity contribution in [2.24, 2.45) is 5.92 Å². The highest BCUT2D eigenvalue weighted by atomic mass is 32.2. The third-order valence-corrected chi connectivity index (χ3v) is 14.5. The maximum Gasteiger partial charge on any atom is 0.355 e. The van der Waals surface area contributed by atoms with E-state index in [-0.39, 0.29) is 35.7 Å². The van der Waals surface area contributed by atoms with Gasteiger partial charge in [0.2, 0.25) is 5.91 Å². The van der Waals surface area contributed by atoms with E-state index >= 15 is 0 Å². The number of carbonyl (C=O) groups is 4. The molecule has 0 unspecified atom stereocenters. The summed E-state index contributed by atoms with van der Waals surface area (Å²) in [5.41, 5.74) is 0.626. The molecule has 10 heteroatoms. The summed E-state index contributed by atoms with van der Waals surface area (Å²) in [5, 5.41) is 2.40. The van der Waals surface area contributed by atoms with E-state index in [0.29, 0.717) is 25.1 Å². The lowest BCUT2D eigenvalue weighted by Crippen LogP contribution is -2.72. The highest BCUT2D eigenvalue weighted by molar-refractivity contribution is 8.00. The smallest absolute Gasteiger partial charge is 0.355 e. The van der Waals surface area contributed by atoms with E-state index in [9.17, 15) is 19.2 Å². The predicted molar refractivity (Wildman–Crippen MR) is 186 cm³/mol. The number of hydrogen-bond donors (Lipinski definition) is 1. The first-order valence-electron chi connectivity index (χ1n) is 16.8. The Hall–Kier alpha value is -2.09. The summed E-state index contributed by atoms with van der Waals surface area (Å²) < 4.78 is 11.5. The molecule has 0 aromatic heterocycles. The Morgan fingerprint density at radius 2 is 1.60 bits per heavy atom. The average molecular weight is 663 g/mol. The first kappa shape index (κ1) is 37.4. The molecule has 3 rings (SSSR count). The van der Waals surface area contributed by atoms with Gasteiger partial charge in [0, 0.05) is 12.5 Å². The van der Waals surface area contributed by atoms with E-state index in [1.165, 1.54) is 11.8 Å². The molecule has 1 N–H and O–H groups in total. The number of nitrogens with one attached hydrogen (secondary N) is 1. The zero-order valence-electron chi connectivity index (χ0n) is 28.3. The van der Waals surface area contributed by atoms with Crippen LogP contribution in [0.5, 0.6) is 0 Å². The molecule has 1 aromatic rings. The molecule has 0 radical (unpaired) electrons. The van der Waals surface area contributed by atoms with Crippen LogP contribution in [0.4, 0.5) is 0 Å². The molecule has 3 atom stereocenters. The summed E-state index contributed by atoms with van der Waals surface area (Å²) in [6, 6.07) is 8.58. The molecule has 2 fully saturated rings. The Balaban J connectivity index is 2.08. The van der Waals surface area contributed by atoms with Crippen molar-refractivity contribution in [2.45, 2.75) is 110 Å². The van der Waals surface area contributed by atoms with Gasteiger partial charge in [-0.15, -0.1) is 11.8 Å². The zero-order chi connectivity index (χ0) is 33.0. The number of likely N-dealkylation sites (tertiary alicyclic amines) is 1. The zero-order valence-corrected chi connectivity index (χ0v) is 30.0. The van der Waals surface area contributed by atoms with Crippen molar-refractivity contribution in [1.82, 2.24) is 10.2 Å². The van der Waals surface area contributed by atoms with Gasteiger partial charge in [0.1, 0.15) is 28.2 Å². The summed E-state index contributed by atoms with van der Waals surface area (Å²) in [6.45, 7) is 10.9. The summed E-state index contributed by atoms with van der Waals surface area (Å²) in [4.78, 5) is 56.6. The van der Waals surface area contributed by atoms with Crippen LogP contribution in [-0.2, 0) is 35.1 Å². The molecule has 8 nitrogen and oxygen atoms in total. The lowest BCUT2D eigenvalue weighted by molar-refractivity contribution is -0.151. The van der Waals surface area contributed by atoms with Crippen LogP contribution in [0.1, 0.15) is 92.1 Å². The summed E-state index contributed by atoms with van der Waals surface area (Å²) in [5.74, 6) is -0.882. The molecule has 0 bridgehead atoms. The van der Waals surface area contributed by atoms with Crippen LogP contribution in [0.25, 0.3) is 0 Å². The maximum absolute atomic E-state index is 14.3. The SMILES string of the molecule is CCCCP(CCCC)(CCCC)=C(C(=O)OC(C)(C)C)N1C(=O)[C@@H](NC(=O)Cc2ccccc2)[C@H]1SCC(=O)[C@@H]1CCOC1. The third-order valence-electron chi connectivity index (χ3n) is 8.43. The van der Waals surface area contributed by atoms with Gasteiger partial charge in [0.15, 0.2) is 0 Å². The number of ether oxygens (including phenoxy) is 2. The number of Topliss-reactive ketones (excluding diaryl/α,β-unsaturated/α-hetero) is 1.